The van der Waals surface area contributed by atoms with E-state index >= 15 is 0 Å². The van der Waals surface area contributed by atoms with Crippen LogP contribution in [-0.2, 0) is 0 Å². The van der Waals surface area contributed by atoms with Gasteiger partial charge in [-0.2, -0.15) is 0 Å². The summed E-state index contributed by atoms with van der Waals surface area (Å²) < 4.78 is 0.856. The fourth-order valence-electron chi connectivity index (χ4n) is 0.580. The van der Waals surface area contributed by atoms with Gasteiger partial charge in [0.15, 0.2) is 0 Å². The lowest BCUT2D eigenvalue weighted by Crippen LogP contribution is -1.82. The fraction of sp³-hybridized carbons (Fsp3) is 0.167. The highest BCUT2D eigenvalue weighted by Gasteiger charge is 1.97. The number of nitrogens with zero attached hydrogens (tertiary/aromatic N) is 1. The highest BCUT2D eigenvalue weighted by atomic mass is 79.9. The summed E-state index contributed by atoms with van der Waals surface area (Å²) in [5.74, 6) is 0. The van der Waals surface area contributed by atoms with Gasteiger partial charge in [0.25, 0.3) is 0 Å². The van der Waals surface area contributed by atoms with Crippen molar-refractivity contribution in [2.75, 3.05) is 0 Å². The lowest BCUT2D eigenvalue weighted by molar-refractivity contribution is 1.06. The monoisotopic (exact) mass is 235 g/mol. The first kappa shape index (κ1) is 8.43. The van der Waals surface area contributed by atoms with Crippen LogP contribution in [0.5, 0.6) is 0 Å². The maximum Gasteiger partial charge on any atom is 0.111 e. The van der Waals surface area contributed by atoms with E-state index in [9.17, 15) is 0 Å². The van der Waals surface area contributed by atoms with Crippen molar-refractivity contribution >= 4 is 38.4 Å². The minimum Gasteiger partial charge on any atom is -0.233 e. The molecule has 4 heteroatoms. The van der Waals surface area contributed by atoms with Crippen LogP contribution in [0.2, 0.25) is 0 Å². The Morgan fingerprint density at radius 3 is 2.80 bits per heavy atom. The Morgan fingerprint density at radius 2 is 2.30 bits per heavy atom. The Balaban J connectivity index is 3.09. The van der Waals surface area contributed by atoms with E-state index < -0.39 is 0 Å². The molecule has 1 aromatic heterocycles. The predicted molar refractivity (Wildman–Crippen MR) is 51.5 cm³/mol. The predicted octanol–water partition coefficient (Wildman–Crippen LogP) is 3.09. The van der Waals surface area contributed by atoms with Gasteiger partial charge in [-0.1, -0.05) is 6.07 Å². The number of aryl methyl sites for hydroxylation is 1. The quantitative estimate of drug-likeness (QED) is 0.457. The summed E-state index contributed by atoms with van der Waals surface area (Å²) in [5, 5.41) is 0.956. The molecule has 0 atom stereocenters. The van der Waals surface area contributed by atoms with Crippen LogP contribution in [0, 0.1) is 6.92 Å². The summed E-state index contributed by atoms with van der Waals surface area (Å²) >= 11 is 7.34. The van der Waals surface area contributed by atoms with E-state index in [0.29, 0.717) is 0 Å². The standard InChI is InChI=1S/C6H6BrNS2/c1-4-2-3-5(7)8-6(4)10-9/h2-3,9H,1H3. The van der Waals surface area contributed by atoms with Crippen molar-refractivity contribution in [3.63, 3.8) is 0 Å². The smallest absolute Gasteiger partial charge is 0.111 e. The van der Waals surface area contributed by atoms with Gasteiger partial charge >= 0.3 is 0 Å². The molecule has 10 heavy (non-hydrogen) atoms. The number of halogens is 1. The van der Waals surface area contributed by atoms with Gasteiger partial charge in [-0.3, -0.25) is 0 Å². The van der Waals surface area contributed by atoms with Crippen LogP contribution in [0.1, 0.15) is 5.56 Å². The summed E-state index contributed by atoms with van der Waals surface area (Å²) in [5.41, 5.74) is 1.16. The molecule has 0 aliphatic rings. The molecule has 1 nitrogen and oxygen atoms in total. The fourth-order valence-corrected chi connectivity index (χ4v) is 1.91. The summed E-state index contributed by atoms with van der Waals surface area (Å²) in [7, 11) is 1.36. The van der Waals surface area contributed by atoms with Crippen LogP contribution in [0.25, 0.3) is 0 Å². The Bertz CT molecular complexity index is 239. The number of thiol groups is 1. The molecular formula is C6H6BrNS2. The van der Waals surface area contributed by atoms with Crippen molar-refractivity contribution in [1.29, 1.82) is 0 Å². The van der Waals surface area contributed by atoms with E-state index in [0.717, 1.165) is 15.2 Å². The summed E-state index contributed by atoms with van der Waals surface area (Å²) in [4.78, 5) is 4.19. The third kappa shape index (κ3) is 1.90. The normalized spacial score (nSPS) is 9.90. The van der Waals surface area contributed by atoms with Crippen molar-refractivity contribution in [3.8, 4) is 0 Å². The van der Waals surface area contributed by atoms with E-state index in [2.05, 4.69) is 32.6 Å². The van der Waals surface area contributed by atoms with E-state index in [1.807, 2.05) is 19.1 Å². The minimum absolute atomic E-state index is 0.856. The Morgan fingerprint density at radius 1 is 1.60 bits per heavy atom. The molecule has 0 aromatic carbocycles. The number of rotatable bonds is 1. The van der Waals surface area contributed by atoms with Gasteiger partial charge in [-0.05, 0) is 45.3 Å². The molecule has 0 spiro atoms. The maximum atomic E-state index is 4.19. The molecule has 1 rings (SSSR count). The molecule has 0 fully saturated rings. The van der Waals surface area contributed by atoms with Crippen LogP contribution in [0.15, 0.2) is 21.8 Å². The maximum absolute atomic E-state index is 4.19. The molecule has 0 N–H and O–H groups in total. The second-order valence-corrected chi connectivity index (χ2v) is 3.78. The highest BCUT2D eigenvalue weighted by molar-refractivity contribution is 9.10. The average molecular weight is 236 g/mol. The molecule has 54 valence electrons. The van der Waals surface area contributed by atoms with Gasteiger partial charge in [-0.15, -0.1) is 11.7 Å². The Labute approximate surface area is 77.6 Å². The van der Waals surface area contributed by atoms with Gasteiger partial charge in [0.05, 0.1) is 0 Å². The number of aromatic nitrogens is 1. The van der Waals surface area contributed by atoms with Gasteiger partial charge in [0.1, 0.15) is 9.63 Å². The number of hydrogen-bond acceptors (Lipinski definition) is 3. The first-order valence-electron chi connectivity index (χ1n) is 2.68. The second kappa shape index (κ2) is 3.64. The van der Waals surface area contributed by atoms with E-state index in [4.69, 9.17) is 0 Å². The molecule has 1 heterocycles. The molecule has 1 aromatic rings. The van der Waals surface area contributed by atoms with Crippen molar-refractivity contribution in [3.05, 3.63) is 22.3 Å². The SMILES string of the molecule is Cc1ccc(Br)nc1SS. The first-order chi connectivity index (χ1) is 4.74. The van der Waals surface area contributed by atoms with Crippen molar-refractivity contribution in [2.24, 2.45) is 0 Å². The van der Waals surface area contributed by atoms with Crippen LogP contribution in [-0.4, -0.2) is 4.98 Å². The van der Waals surface area contributed by atoms with Gasteiger partial charge in [0, 0.05) is 0 Å². The molecule has 0 radical (unpaired) electrons. The van der Waals surface area contributed by atoms with E-state index in [1.165, 1.54) is 10.8 Å². The molecule has 0 unspecified atom stereocenters. The summed E-state index contributed by atoms with van der Waals surface area (Å²) in [6.45, 7) is 2.01. The lowest BCUT2D eigenvalue weighted by Gasteiger charge is -1.98. The van der Waals surface area contributed by atoms with Crippen LogP contribution in [0.3, 0.4) is 0 Å². The Kier molecular flexibility index (Phi) is 3.07. The molecule has 0 bridgehead atoms. The van der Waals surface area contributed by atoms with Crippen molar-refractivity contribution in [1.82, 2.24) is 4.98 Å². The number of hydrogen-bond donors (Lipinski definition) is 1. The van der Waals surface area contributed by atoms with E-state index in [1.54, 1.807) is 0 Å². The van der Waals surface area contributed by atoms with Crippen molar-refractivity contribution in [2.45, 2.75) is 11.9 Å². The summed E-state index contributed by atoms with van der Waals surface area (Å²) in [6, 6.07) is 3.93. The Hall–Kier alpha value is 0.330. The lowest BCUT2D eigenvalue weighted by atomic mass is 10.3. The minimum atomic E-state index is 0.856. The van der Waals surface area contributed by atoms with Crippen LogP contribution < -0.4 is 0 Å². The first-order valence-corrected chi connectivity index (χ1v) is 5.35. The zero-order chi connectivity index (χ0) is 7.56. The average Bonchev–Trinajstić information content (AvgIpc) is 1.94. The summed E-state index contributed by atoms with van der Waals surface area (Å²) in [6.07, 6.45) is 0. The molecule has 0 saturated heterocycles. The zero-order valence-corrected chi connectivity index (χ0v) is 8.63. The molecule has 0 aliphatic heterocycles. The topological polar surface area (TPSA) is 12.9 Å². The van der Waals surface area contributed by atoms with Crippen molar-refractivity contribution < 1.29 is 0 Å². The zero-order valence-electron chi connectivity index (χ0n) is 5.34. The van der Waals surface area contributed by atoms with Gasteiger partial charge in [0.2, 0.25) is 0 Å². The van der Waals surface area contributed by atoms with Crippen LogP contribution in [0.4, 0.5) is 0 Å². The van der Waals surface area contributed by atoms with E-state index in [-0.39, 0.29) is 0 Å². The third-order valence-electron chi connectivity index (χ3n) is 1.10. The molecule has 0 aliphatic carbocycles. The third-order valence-corrected chi connectivity index (χ3v) is 2.65. The largest absolute Gasteiger partial charge is 0.233 e. The van der Waals surface area contributed by atoms with Gasteiger partial charge in [-0.25, -0.2) is 4.98 Å². The van der Waals surface area contributed by atoms with Gasteiger partial charge < -0.3 is 0 Å². The molecular weight excluding hydrogens is 230 g/mol. The molecule has 0 saturated carbocycles. The van der Waals surface area contributed by atoms with Crippen LogP contribution >= 0.6 is 38.4 Å². The molecule has 0 amide bonds. The number of pyridine rings is 1. The highest BCUT2D eigenvalue weighted by Crippen LogP contribution is 2.24. The second-order valence-electron chi connectivity index (χ2n) is 1.85.